The van der Waals surface area contributed by atoms with E-state index in [4.69, 9.17) is 0 Å². The highest BCUT2D eigenvalue weighted by Gasteiger charge is 2.28. The van der Waals surface area contributed by atoms with Gasteiger partial charge < -0.3 is 4.90 Å². The molecule has 1 atom stereocenters. The molecule has 2 aromatic carbocycles. The van der Waals surface area contributed by atoms with Gasteiger partial charge in [0, 0.05) is 18.7 Å². The van der Waals surface area contributed by atoms with Gasteiger partial charge in [0.1, 0.15) is 0 Å². The number of rotatable bonds is 6. The van der Waals surface area contributed by atoms with Gasteiger partial charge in [-0.2, -0.15) is 0 Å². The van der Waals surface area contributed by atoms with Crippen LogP contribution in [0.5, 0.6) is 0 Å². The van der Waals surface area contributed by atoms with Crippen molar-refractivity contribution < 1.29 is 13.2 Å². The summed E-state index contributed by atoms with van der Waals surface area (Å²) in [5, 5.41) is 0. The van der Waals surface area contributed by atoms with Crippen LogP contribution in [-0.4, -0.2) is 32.3 Å². The molecule has 5 nitrogen and oxygen atoms in total. The maximum absolute atomic E-state index is 12.7. The smallest absolute Gasteiger partial charge is 0.254 e. The highest BCUT2D eigenvalue weighted by molar-refractivity contribution is 7.89. The predicted molar refractivity (Wildman–Crippen MR) is 101 cm³/mol. The lowest BCUT2D eigenvalue weighted by Crippen LogP contribution is -2.30. The fourth-order valence-electron chi connectivity index (χ4n) is 2.71. The van der Waals surface area contributed by atoms with Crippen molar-refractivity contribution in [3.63, 3.8) is 0 Å². The normalized spacial score (nSPS) is 15.5. The van der Waals surface area contributed by atoms with Gasteiger partial charge in [-0.1, -0.05) is 29.8 Å². The summed E-state index contributed by atoms with van der Waals surface area (Å²) in [7, 11) is -1.74. The second-order valence-electron chi connectivity index (χ2n) is 6.92. The first-order valence-corrected chi connectivity index (χ1v) is 10.2. The highest BCUT2D eigenvalue weighted by Crippen LogP contribution is 2.24. The number of benzene rings is 2. The lowest BCUT2D eigenvalue weighted by atomic mass is 10.0. The topological polar surface area (TPSA) is 66.5 Å². The fourth-order valence-corrected chi connectivity index (χ4v) is 4.02. The van der Waals surface area contributed by atoms with Crippen molar-refractivity contribution in [3.8, 4) is 0 Å². The number of carbonyl (C=O) groups is 1. The molecule has 2 aromatic rings. The third kappa shape index (κ3) is 4.14. The SMILES string of the molecule is Cc1ccc(C(C)N(C)C(=O)c2ccc(S(=O)(=O)NC3CC3)cc2)cc1. The van der Waals surface area contributed by atoms with E-state index < -0.39 is 10.0 Å². The van der Waals surface area contributed by atoms with E-state index in [1.165, 1.54) is 17.7 Å². The fraction of sp³-hybridized carbons (Fsp3) is 0.350. The van der Waals surface area contributed by atoms with Crippen molar-refractivity contribution in [2.45, 2.75) is 43.7 Å². The molecule has 0 bridgehead atoms. The molecule has 26 heavy (non-hydrogen) atoms. The second kappa shape index (κ2) is 7.21. The molecule has 0 aliphatic heterocycles. The molecule has 1 unspecified atom stereocenters. The minimum absolute atomic E-state index is 0.0581. The van der Waals surface area contributed by atoms with Crippen molar-refractivity contribution in [2.75, 3.05) is 7.05 Å². The number of amides is 1. The largest absolute Gasteiger partial charge is 0.335 e. The summed E-state index contributed by atoms with van der Waals surface area (Å²) in [5.74, 6) is -0.142. The zero-order valence-electron chi connectivity index (χ0n) is 15.3. The van der Waals surface area contributed by atoms with Gasteiger partial charge in [0.15, 0.2) is 0 Å². The van der Waals surface area contributed by atoms with Gasteiger partial charge >= 0.3 is 0 Å². The number of hydrogen-bond acceptors (Lipinski definition) is 3. The van der Waals surface area contributed by atoms with Gasteiger partial charge in [0.05, 0.1) is 10.9 Å². The second-order valence-corrected chi connectivity index (χ2v) is 8.64. The average molecular weight is 372 g/mol. The lowest BCUT2D eigenvalue weighted by molar-refractivity contribution is 0.0742. The summed E-state index contributed by atoms with van der Waals surface area (Å²) in [5.41, 5.74) is 2.70. The Morgan fingerprint density at radius 1 is 1.08 bits per heavy atom. The van der Waals surface area contributed by atoms with Crippen LogP contribution in [0.4, 0.5) is 0 Å². The molecule has 6 heteroatoms. The number of nitrogens with one attached hydrogen (secondary N) is 1. The van der Waals surface area contributed by atoms with Crippen molar-refractivity contribution in [2.24, 2.45) is 0 Å². The average Bonchev–Trinajstić information content (AvgIpc) is 3.44. The number of nitrogens with zero attached hydrogens (tertiary/aromatic N) is 1. The molecule has 138 valence electrons. The molecular formula is C20H24N2O3S. The summed E-state index contributed by atoms with van der Waals surface area (Å²) in [6, 6.07) is 14.2. The zero-order chi connectivity index (χ0) is 18.9. The van der Waals surface area contributed by atoms with Crippen molar-refractivity contribution in [1.29, 1.82) is 0 Å². The summed E-state index contributed by atoms with van der Waals surface area (Å²) in [6.45, 7) is 4.00. The quantitative estimate of drug-likeness (QED) is 0.846. The Morgan fingerprint density at radius 3 is 2.19 bits per heavy atom. The van der Waals surface area contributed by atoms with E-state index in [2.05, 4.69) is 4.72 Å². The Kier molecular flexibility index (Phi) is 5.16. The van der Waals surface area contributed by atoms with Crippen molar-refractivity contribution in [3.05, 3.63) is 65.2 Å². The number of carbonyl (C=O) groups excluding carboxylic acids is 1. The standard InChI is InChI=1S/C20H24N2O3S/c1-14-4-6-16(7-5-14)15(2)22(3)20(23)17-8-12-19(13-9-17)26(24,25)21-18-10-11-18/h4-9,12-13,15,18,21H,10-11H2,1-3H3. The third-order valence-electron chi connectivity index (χ3n) is 4.77. The molecular weight excluding hydrogens is 348 g/mol. The maximum Gasteiger partial charge on any atom is 0.254 e. The van der Waals surface area contributed by atoms with Gasteiger partial charge in [0.2, 0.25) is 10.0 Å². The summed E-state index contributed by atoms with van der Waals surface area (Å²) < 4.78 is 27.1. The van der Waals surface area contributed by atoms with Crippen LogP contribution in [0.3, 0.4) is 0 Å². The molecule has 1 N–H and O–H groups in total. The number of sulfonamides is 1. The van der Waals surface area contributed by atoms with Crippen molar-refractivity contribution >= 4 is 15.9 Å². The van der Waals surface area contributed by atoms with Crippen LogP contribution in [0.2, 0.25) is 0 Å². The molecule has 1 amide bonds. The first-order valence-electron chi connectivity index (χ1n) is 8.74. The Balaban J connectivity index is 1.73. The zero-order valence-corrected chi connectivity index (χ0v) is 16.1. The Bertz CT molecular complexity index is 886. The third-order valence-corrected chi connectivity index (χ3v) is 6.31. The van der Waals surface area contributed by atoms with E-state index in [-0.39, 0.29) is 22.9 Å². The van der Waals surface area contributed by atoms with Crippen LogP contribution < -0.4 is 4.72 Å². The molecule has 0 aromatic heterocycles. The number of hydrogen-bond donors (Lipinski definition) is 1. The Morgan fingerprint density at radius 2 is 1.65 bits per heavy atom. The molecule has 1 aliphatic carbocycles. The minimum Gasteiger partial charge on any atom is -0.335 e. The van der Waals surface area contributed by atoms with Crippen LogP contribution in [0.25, 0.3) is 0 Å². The van der Waals surface area contributed by atoms with E-state index in [1.807, 2.05) is 38.1 Å². The Hall–Kier alpha value is -2.18. The molecule has 0 radical (unpaired) electrons. The molecule has 1 saturated carbocycles. The first kappa shape index (κ1) is 18.6. The van der Waals surface area contributed by atoms with E-state index in [0.29, 0.717) is 5.56 Å². The molecule has 1 aliphatic rings. The maximum atomic E-state index is 12.7. The lowest BCUT2D eigenvalue weighted by Gasteiger charge is -2.25. The highest BCUT2D eigenvalue weighted by atomic mass is 32.2. The van der Waals surface area contributed by atoms with Crippen LogP contribution in [0.1, 0.15) is 47.3 Å². The molecule has 0 spiro atoms. The van der Waals surface area contributed by atoms with Gasteiger partial charge in [-0.3, -0.25) is 4.79 Å². The van der Waals surface area contributed by atoms with Crippen molar-refractivity contribution in [1.82, 2.24) is 9.62 Å². The van der Waals surface area contributed by atoms with Crippen LogP contribution in [0.15, 0.2) is 53.4 Å². The minimum atomic E-state index is -3.50. The van der Waals surface area contributed by atoms with E-state index >= 15 is 0 Å². The van der Waals surface area contributed by atoms with Crippen LogP contribution >= 0.6 is 0 Å². The monoisotopic (exact) mass is 372 g/mol. The van der Waals surface area contributed by atoms with Gasteiger partial charge in [0.25, 0.3) is 5.91 Å². The van der Waals surface area contributed by atoms with Gasteiger partial charge in [-0.15, -0.1) is 0 Å². The summed E-state index contributed by atoms with van der Waals surface area (Å²) in [4.78, 5) is 14.6. The van der Waals surface area contributed by atoms with E-state index in [9.17, 15) is 13.2 Å². The molecule has 3 rings (SSSR count). The molecule has 1 fully saturated rings. The molecule has 0 saturated heterocycles. The summed E-state index contributed by atoms with van der Waals surface area (Å²) in [6.07, 6.45) is 1.77. The van der Waals surface area contributed by atoms with Gasteiger partial charge in [-0.25, -0.2) is 13.1 Å². The Labute approximate surface area is 155 Å². The number of aryl methyl sites for hydroxylation is 1. The van der Waals surface area contributed by atoms with Crippen LogP contribution in [-0.2, 0) is 10.0 Å². The van der Waals surface area contributed by atoms with Gasteiger partial charge in [-0.05, 0) is 56.5 Å². The summed E-state index contributed by atoms with van der Waals surface area (Å²) >= 11 is 0. The molecule has 0 heterocycles. The van der Waals surface area contributed by atoms with E-state index in [0.717, 1.165) is 18.4 Å². The van der Waals surface area contributed by atoms with Crippen LogP contribution in [0, 0.1) is 6.92 Å². The van der Waals surface area contributed by atoms with E-state index in [1.54, 1.807) is 24.1 Å². The predicted octanol–water partition coefficient (Wildman–Crippen LogP) is 3.27. The first-order chi connectivity index (χ1) is 12.3.